The number of fused-ring (bicyclic) bond motifs is 1. The van der Waals surface area contributed by atoms with Crippen LogP contribution >= 0.6 is 22.7 Å². The Bertz CT molecular complexity index is 716. The first-order chi connectivity index (χ1) is 10.3. The number of methoxy groups -OCH3 is 1. The van der Waals surface area contributed by atoms with Gasteiger partial charge in [0.15, 0.2) is 0 Å². The number of nitrogens with one attached hydrogen (secondary N) is 1. The van der Waals surface area contributed by atoms with Crippen LogP contribution in [0.5, 0.6) is 5.75 Å². The number of ether oxygens (including phenoxy) is 1. The molecule has 110 valence electrons. The van der Waals surface area contributed by atoms with Crippen molar-refractivity contribution in [1.29, 1.82) is 0 Å². The second-order valence-electron chi connectivity index (χ2n) is 4.96. The third-order valence-corrected chi connectivity index (χ3v) is 5.65. The third kappa shape index (κ3) is 3.12. The monoisotopic (exact) mass is 317 g/mol. The van der Waals surface area contributed by atoms with Gasteiger partial charge < -0.3 is 10.1 Å². The van der Waals surface area contributed by atoms with Crippen LogP contribution in [-0.2, 0) is 6.42 Å². The fourth-order valence-corrected chi connectivity index (χ4v) is 4.46. The SMILES string of the molecule is CCNC(Cc1csc2ccccc12)c1cc(OC)cs1. The van der Waals surface area contributed by atoms with Crippen LogP contribution < -0.4 is 10.1 Å². The van der Waals surface area contributed by atoms with Gasteiger partial charge in [-0.2, -0.15) is 0 Å². The van der Waals surface area contributed by atoms with E-state index in [4.69, 9.17) is 4.74 Å². The topological polar surface area (TPSA) is 21.3 Å². The molecule has 0 fully saturated rings. The maximum absolute atomic E-state index is 5.31. The van der Waals surface area contributed by atoms with Gasteiger partial charge in [-0.05, 0) is 41.4 Å². The first-order valence-electron chi connectivity index (χ1n) is 7.12. The molecule has 4 heteroatoms. The first-order valence-corrected chi connectivity index (χ1v) is 8.88. The molecule has 3 aromatic rings. The van der Waals surface area contributed by atoms with E-state index in [0.29, 0.717) is 6.04 Å². The number of likely N-dealkylation sites (N-methyl/N-ethyl adjacent to an activating group) is 1. The molecule has 0 amide bonds. The largest absolute Gasteiger partial charge is 0.496 e. The Kier molecular flexibility index (Phi) is 4.58. The Morgan fingerprint density at radius 2 is 2.05 bits per heavy atom. The lowest BCUT2D eigenvalue weighted by Crippen LogP contribution is -2.21. The van der Waals surface area contributed by atoms with E-state index in [1.807, 2.05) is 11.3 Å². The molecule has 2 heterocycles. The minimum Gasteiger partial charge on any atom is -0.496 e. The van der Waals surface area contributed by atoms with Crippen LogP contribution in [0, 0.1) is 0 Å². The van der Waals surface area contributed by atoms with Crippen molar-refractivity contribution in [2.75, 3.05) is 13.7 Å². The van der Waals surface area contributed by atoms with Crippen LogP contribution in [0.3, 0.4) is 0 Å². The molecule has 0 aliphatic rings. The summed E-state index contributed by atoms with van der Waals surface area (Å²) in [5.74, 6) is 0.952. The lowest BCUT2D eigenvalue weighted by molar-refractivity contribution is 0.415. The number of hydrogen-bond acceptors (Lipinski definition) is 4. The Labute approximate surface area is 133 Å². The lowest BCUT2D eigenvalue weighted by Gasteiger charge is -2.16. The Balaban J connectivity index is 1.88. The molecule has 1 aromatic carbocycles. The molecule has 0 radical (unpaired) electrons. The molecule has 0 saturated heterocycles. The normalized spacial score (nSPS) is 12.7. The second-order valence-corrected chi connectivity index (χ2v) is 6.81. The molecule has 21 heavy (non-hydrogen) atoms. The second kappa shape index (κ2) is 6.60. The predicted molar refractivity (Wildman–Crippen MR) is 92.8 cm³/mol. The van der Waals surface area contributed by atoms with Crippen LogP contribution in [0.25, 0.3) is 10.1 Å². The summed E-state index contributed by atoms with van der Waals surface area (Å²) in [5.41, 5.74) is 1.42. The van der Waals surface area contributed by atoms with Gasteiger partial charge in [-0.1, -0.05) is 25.1 Å². The molecule has 1 atom stereocenters. The van der Waals surface area contributed by atoms with Gasteiger partial charge in [-0.25, -0.2) is 0 Å². The van der Waals surface area contributed by atoms with Crippen LogP contribution in [0.1, 0.15) is 23.4 Å². The van der Waals surface area contributed by atoms with Gasteiger partial charge in [-0.15, -0.1) is 22.7 Å². The fourth-order valence-electron chi connectivity index (χ4n) is 2.55. The molecule has 0 aliphatic carbocycles. The van der Waals surface area contributed by atoms with Crippen LogP contribution in [0.2, 0.25) is 0 Å². The molecular weight excluding hydrogens is 298 g/mol. The van der Waals surface area contributed by atoms with Crippen molar-refractivity contribution in [2.45, 2.75) is 19.4 Å². The van der Waals surface area contributed by atoms with Crippen LogP contribution in [0.15, 0.2) is 41.1 Å². The van der Waals surface area contributed by atoms with Gasteiger partial charge in [0.2, 0.25) is 0 Å². The zero-order valence-corrected chi connectivity index (χ0v) is 13.9. The van der Waals surface area contributed by atoms with E-state index in [2.05, 4.69) is 53.3 Å². The first kappa shape index (κ1) is 14.6. The van der Waals surface area contributed by atoms with E-state index < -0.39 is 0 Å². The quantitative estimate of drug-likeness (QED) is 0.700. The summed E-state index contributed by atoms with van der Waals surface area (Å²) in [6, 6.07) is 11.1. The summed E-state index contributed by atoms with van der Waals surface area (Å²) in [6.07, 6.45) is 1.02. The fraction of sp³-hybridized carbons (Fsp3) is 0.294. The zero-order chi connectivity index (χ0) is 14.7. The molecule has 2 aromatic heterocycles. The highest BCUT2D eigenvalue weighted by Gasteiger charge is 2.16. The van der Waals surface area contributed by atoms with E-state index in [9.17, 15) is 0 Å². The molecule has 0 bridgehead atoms. The number of hydrogen-bond donors (Lipinski definition) is 1. The molecule has 0 aliphatic heterocycles. The van der Waals surface area contributed by atoms with Crippen molar-refractivity contribution in [1.82, 2.24) is 5.32 Å². The van der Waals surface area contributed by atoms with E-state index in [1.54, 1.807) is 18.4 Å². The maximum Gasteiger partial charge on any atom is 0.129 e. The van der Waals surface area contributed by atoms with Crippen molar-refractivity contribution in [3.8, 4) is 5.75 Å². The smallest absolute Gasteiger partial charge is 0.129 e. The third-order valence-electron chi connectivity index (χ3n) is 3.61. The summed E-state index contributed by atoms with van der Waals surface area (Å²) in [5, 5.41) is 9.35. The van der Waals surface area contributed by atoms with Crippen molar-refractivity contribution in [3.05, 3.63) is 51.5 Å². The average molecular weight is 317 g/mol. The lowest BCUT2D eigenvalue weighted by atomic mass is 10.0. The van der Waals surface area contributed by atoms with Crippen molar-refractivity contribution in [2.24, 2.45) is 0 Å². The van der Waals surface area contributed by atoms with Crippen molar-refractivity contribution in [3.63, 3.8) is 0 Å². The Hall–Kier alpha value is -1.36. The van der Waals surface area contributed by atoms with Gasteiger partial charge in [0.05, 0.1) is 7.11 Å². The van der Waals surface area contributed by atoms with Gasteiger partial charge >= 0.3 is 0 Å². The molecule has 1 unspecified atom stereocenters. The molecule has 0 spiro atoms. The Morgan fingerprint density at radius 3 is 2.81 bits per heavy atom. The summed E-state index contributed by atoms with van der Waals surface area (Å²) >= 11 is 3.60. The van der Waals surface area contributed by atoms with E-state index in [1.165, 1.54) is 20.5 Å². The number of rotatable bonds is 6. The molecular formula is C17H19NOS2. The summed E-state index contributed by atoms with van der Waals surface area (Å²) in [6.45, 7) is 3.12. The van der Waals surface area contributed by atoms with Crippen LogP contribution in [0.4, 0.5) is 0 Å². The summed E-state index contributed by atoms with van der Waals surface area (Å²) in [7, 11) is 1.72. The summed E-state index contributed by atoms with van der Waals surface area (Å²) < 4.78 is 6.68. The van der Waals surface area contributed by atoms with Gasteiger partial charge in [-0.3, -0.25) is 0 Å². The molecule has 3 rings (SSSR count). The van der Waals surface area contributed by atoms with E-state index in [0.717, 1.165) is 18.7 Å². The van der Waals surface area contributed by atoms with Gasteiger partial charge in [0.25, 0.3) is 0 Å². The van der Waals surface area contributed by atoms with Gasteiger partial charge in [0, 0.05) is 21.0 Å². The number of benzene rings is 1. The van der Waals surface area contributed by atoms with Crippen LogP contribution in [-0.4, -0.2) is 13.7 Å². The highest BCUT2D eigenvalue weighted by atomic mass is 32.1. The summed E-state index contributed by atoms with van der Waals surface area (Å²) in [4.78, 5) is 1.34. The minimum atomic E-state index is 0.349. The van der Waals surface area contributed by atoms with Gasteiger partial charge in [0.1, 0.15) is 5.75 Å². The van der Waals surface area contributed by atoms with Crippen molar-refractivity contribution >= 4 is 32.8 Å². The molecule has 1 N–H and O–H groups in total. The van der Waals surface area contributed by atoms with E-state index in [-0.39, 0.29) is 0 Å². The van der Waals surface area contributed by atoms with E-state index >= 15 is 0 Å². The molecule has 2 nitrogen and oxygen atoms in total. The highest BCUT2D eigenvalue weighted by molar-refractivity contribution is 7.17. The standard InChI is InChI=1S/C17H19NOS2/c1-3-18-15(17-9-13(19-2)11-21-17)8-12-10-20-16-7-5-4-6-14(12)16/h4-7,9-11,15,18H,3,8H2,1-2H3. The zero-order valence-electron chi connectivity index (χ0n) is 12.3. The van der Waals surface area contributed by atoms with Crippen molar-refractivity contribution < 1.29 is 4.74 Å². The minimum absolute atomic E-state index is 0.349. The number of thiophene rings is 2. The Morgan fingerprint density at radius 1 is 1.19 bits per heavy atom. The predicted octanol–water partition coefficient (Wildman–Crippen LogP) is 4.86. The average Bonchev–Trinajstić information content (AvgIpc) is 3.14. The highest BCUT2D eigenvalue weighted by Crippen LogP contribution is 2.33. The maximum atomic E-state index is 5.31. The molecule has 0 saturated carbocycles.